The van der Waals surface area contributed by atoms with Gasteiger partial charge in [0.15, 0.2) is 31.4 Å². The molecule has 1 aliphatic heterocycles. The highest BCUT2D eigenvalue weighted by molar-refractivity contribution is 14.1. The van der Waals surface area contributed by atoms with Crippen LogP contribution in [0.4, 0.5) is 22.0 Å². The molecule has 290 valence electrons. The summed E-state index contributed by atoms with van der Waals surface area (Å²) in [6.07, 6.45) is -1.52. The lowest BCUT2D eigenvalue weighted by molar-refractivity contribution is -0.161. The normalized spacial score (nSPS) is 22.5. The molecular formula is C36H24F5I3O9S2. The maximum absolute atomic E-state index is 13.4. The molecule has 0 spiro atoms. The van der Waals surface area contributed by atoms with Crippen LogP contribution in [-0.2, 0) is 44.8 Å². The average molecular weight is 1140 g/mol. The van der Waals surface area contributed by atoms with Crippen LogP contribution in [-0.4, -0.2) is 54.9 Å². The van der Waals surface area contributed by atoms with Gasteiger partial charge >= 0.3 is 23.2 Å². The Kier molecular flexibility index (Phi) is 12.8. The number of ether oxygens (including phenoxy) is 3. The van der Waals surface area contributed by atoms with Crippen LogP contribution in [0.3, 0.4) is 0 Å². The van der Waals surface area contributed by atoms with Gasteiger partial charge in [0.2, 0.25) is 0 Å². The fourth-order valence-corrected chi connectivity index (χ4v) is 11.4. The number of benzene rings is 4. The van der Waals surface area contributed by atoms with Gasteiger partial charge in [0.1, 0.15) is 29.7 Å². The SMILES string of the molecule is Fc1ccc([S+](c2ccc(F)cc2)c2ccc(F)cc2)cc1.O=C(OC1C2CC3C1OC(=O)C3C2C(=O)OCC(F)(F)S(=O)(=O)[O-])c1cc(I)cc(I)c1I. The van der Waals surface area contributed by atoms with Crippen molar-refractivity contribution in [3.05, 3.63) is 119 Å². The maximum atomic E-state index is 13.4. The van der Waals surface area contributed by atoms with E-state index in [1.165, 1.54) is 36.4 Å². The van der Waals surface area contributed by atoms with Crippen LogP contribution >= 0.6 is 67.8 Å². The highest BCUT2D eigenvalue weighted by atomic mass is 127. The number of alkyl halides is 2. The van der Waals surface area contributed by atoms with E-state index in [1.807, 2.05) is 51.2 Å². The van der Waals surface area contributed by atoms with E-state index in [4.69, 9.17) is 9.47 Å². The molecule has 2 bridgehead atoms. The van der Waals surface area contributed by atoms with Crippen molar-refractivity contribution in [1.29, 1.82) is 0 Å². The number of halogens is 8. The zero-order valence-electron chi connectivity index (χ0n) is 27.5. The molecule has 0 amide bonds. The predicted molar refractivity (Wildman–Crippen MR) is 209 cm³/mol. The van der Waals surface area contributed by atoms with Crippen molar-refractivity contribution in [1.82, 2.24) is 0 Å². The summed E-state index contributed by atoms with van der Waals surface area (Å²) in [5.41, 5.74) is 0.287. The standard InChI is InChI=1S/C18H12F3S.C18H13F2I3O9S/c19-13-1-7-16(8-2-13)22(17-9-3-14(20)4-10-17)18-11-5-15(21)6-12-18;19-18(20,33(27,28)29)4-30-16(25)10-6-3-7-11(10)17(26)32-14(7)13(6)31-15(24)8-1-5(21)2-9(22)12(8)23/h1-12H;1-2,6-7,10-11,13-14H,3-4H2,(H,27,28,29)/q+1;/p-1. The van der Waals surface area contributed by atoms with Gasteiger partial charge in [-0.05, 0) is 159 Å². The summed E-state index contributed by atoms with van der Waals surface area (Å²) < 4.78 is 116. The largest absolute Gasteiger partial charge is 0.743 e. The average Bonchev–Trinajstić information content (AvgIpc) is 3.75. The Balaban J connectivity index is 0.000000203. The number of carbonyl (C=O) groups is 3. The van der Waals surface area contributed by atoms with Crippen molar-refractivity contribution in [2.24, 2.45) is 23.7 Å². The van der Waals surface area contributed by atoms with Gasteiger partial charge in [-0.3, -0.25) is 9.59 Å². The van der Waals surface area contributed by atoms with E-state index < -0.39 is 86.7 Å². The van der Waals surface area contributed by atoms with Gasteiger partial charge in [-0.2, -0.15) is 8.78 Å². The first-order chi connectivity index (χ1) is 25.9. The van der Waals surface area contributed by atoms with Gasteiger partial charge in [-0.1, -0.05) is 0 Å². The molecular weight excluding hydrogens is 1120 g/mol. The summed E-state index contributed by atoms with van der Waals surface area (Å²) in [7, 11) is -6.58. The summed E-state index contributed by atoms with van der Waals surface area (Å²) in [4.78, 5) is 40.5. The second-order valence-electron chi connectivity index (χ2n) is 12.5. The van der Waals surface area contributed by atoms with Gasteiger partial charge < -0.3 is 18.8 Å². The van der Waals surface area contributed by atoms with Gasteiger partial charge in [0.05, 0.1) is 28.3 Å². The van der Waals surface area contributed by atoms with Crippen LogP contribution in [0.15, 0.2) is 99.6 Å². The fraction of sp³-hybridized carbons (Fsp3) is 0.250. The van der Waals surface area contributed by atoms with Crippen LogP contribution in [0.1, 0.15) is 16.8 Å². The van der Waals surface area contributed by atoms with E-state index in [-0.39, 0.29) is 29.4 Å². The second kappa shape index (κ2) is 16.7. The summed E-state index contributed by atoms with van der Waals surface area (Å²) in [5.74, 6) is -7.10. The minimum absolute atomic E-state index is 0.260. The maximum Gasteiger partial charge on any atom is 0.367 e. The zero-order chi connectivity index (χ0) is 40.0. The Labute approximate surface area is 354 Å². The zero-order valence-corrected chi connectivity index (χ0v) is 35.6. The third-order valence-corrected chi connectivity index (χ3v) is 15.9. The number of fused-ring (bicyclic) bond motifs is 1. The molecule has 2 saturated carbocycles. The molecule has 4 aromatic carbocycles. The lowest BCUT2D eigenvalue weighted by atomic mass is 9.78. The number of hydrogen-bond donors (Lipinski definition) is 0. The molecule has 0 aromatic heterocycles. The number of esters is 3. The molecule has 6 atom stereocenters. The van der Waals surface area contributed by atoms with Crippen molar-refractivity contribution >= 4 is 107 Å². The van der Waals surface area contributed by atoms with E-state index in [0.29, 0.717) is 3.57 Å². The minimum Gasteiger partial charge on any atom is -0.743 e. The molecule has 4 aromatic rings. The van der Waals surface area contributed by atoms with Crippen molar-refractivity contribution in [2.45, 2.75) is 38.6 Å². The molecule has 19 heteroatoms. The number of rotatable bonds is 9. The van der Waals surface area contributed by atoms with E-state index in [1.54, 1.807) is 42.5 Å². The van der Waals surface area contributed by atoms with Crippen molar-refractivity contribution < 1.29 is 63.5 Å². The smallest absolute Gasteiger partial charge is 0.367 e. The molecule has 0 radical (unpaired) electrons. The first-order valence-corrected chi connectivity index (χ1v) is 21.8. The molecule has 3 fully saturated rings. The van der Waals surface area contributed by atoms with Crippen LogP contribution in [0.2, 0.25) is 0 Å². The van der Waals surface area contributed by atoms with Crippen LogP contribution in [0.25, 0.3) is 0 Å². The Hall–Kier alpha value is -2.61. The quantitative estimate of drug-likeness (QED) is 0.0314. The summed E-state index contributed by atoms with van der Waals surface area (Å²) in [5, 5.41) is -4.82. The lowest BCUT2D eigenvalue weighted by Gasteiger charge is -2.30. The van der Waals surface area contributed by atoms with Crippen molar-refractivity contribution in [3.8, 4) is 0 Å². The first kappa shape index (κ1) is 42.0. The van der Waals surface area contributed by atoms with Crippen LogP contribution in [0, 0.1) is 51.8 Å². The highest BCUT2D eigenvalue weighted by Gasteiger charge is 2.70. The van der Waals surface area contributed by atoms with E-state index in [9.17, 15) is 49.3 Å². The summed E-state index contributed by atoms with van der Waals surface area (Å²) in [6, 6.07) is 22.0. The molecule has 0 N–H and O–H groups in total. The third-order valence-electron chi connectivity index (χ3n) is 9.17. The summed E-state index contributed by atoms with van der Waals surface area (Å²) in [6.45, 7) is -1.97. The van der Waals surface area contributed by atoms with Crippen molar-refractivity contribution in [2.75, 3.05) is 6.61 Å². The van der Waals surface area contributed by atoms with Gasteiger partial charge in [0.25, 0.3) is 0 Å². The lowest BCUT2D eigenvalue weighted by Crippen LogP contribution is -2.45. The second-order valence-corrected chi connectivity index (χ2v) is 19.5. The fourth-order valence-electron chi connectivity index (χ4n) is 6.80. The van der Waals surface area contributed by atoms with E-state index in [2.05, 4.69) is 27.3 Å². The first-order valence-electron chi connectivity index (χ1n) is 15.9. The molecule has 2 aliphatic carbocycles. The van der Waals surface area contributed by atoms with E-state index in [0.717, 1.165) is 21.8 Å². The topological polar surface area (TPSA) is 136 Å². The molecule has 9 nitrogen and oxygen atoms in total. The van der Waals surface area contributed by atoms with Crippen molar-refractivity contribution in [3.63, 3.8) is 0 Å². The van der Waals surface area contributed by atoms with E-state index >= 15 is 0 Å². The molecule has 55 heavy (non-hydrogen) atoms. The Bertz CT molecular complexity index is 2120. The molecule has 7 rings (SSSR count). The van der Waals surface area contributed by atoms with Gasteiger partial charge in [-0.15, -0.1) is 0 Å². The summed E-state index contributed by atoms with van der Waals surface area (Å²) >= 11 is 6.11. The van der Waals surface area contributed by atoms with Gasteiger partial charge in [-0.25, -0.2) is 26.4 Å². The van der Waals surface area contributed by atoms with Crippen LogP contribution < -0.4 is 0 Å². The molecule has 3 aliphatic rings. The third kappa shape index (κ3) is 8.94. The molecule has 1 heterocycles. The molecule has 1 saturated heterocycles. The highest BCUT2D eigenvalue weighted by Crippen LogP contribution is 2.59. The number of carbonyl (C=O) groups excluding carboxylic acids is 3. The molecule has 6 unspecified atom stereocenters. The minimum atomic E-state index is -6.05. The predicted octanol–water partition coefficient (Wildman–Crippen LogP) is 7.71. The Morgan fingerprint density at radius 3 is 1.80 bits per heavy atom. The van der Waals surface area contributed by atoms with Gasteiger partial charge in [0, 0.05) is 22.5 Å². The Morgan fingerprint density at radius 1 is 0.836 bits per heavy atom. The number of hydrogen-bond acceptors (Lipinski definition) is 9. The monoisotopic (exact) mass is 1140 g/mol. The Morgan fingerprint density at radius 2 is 1.33 bits per heavy atom. The van der Waals surface area contributed by atoms with Crippen LogP contribution in [0.5, 0.6) is 0 Å².